The molecule has 1 aliphatic heterocycles. The van der Waals surface area contributed by atoms with Crippen LogP contribution in [0.15, 0.2) is 91.0 Å². The zero-order valence-electron chi connectivity index (χ0n) is 23.1. The minimum atomic E-state index is -0.326. The van der Waals surface area contributed by atoms with Gasteiger partial charge in [-0.25, -0.2) is 4.79 Å². The smallest absolute Gasteiger partial charge is 0.414 e. The van der Waals surface area contributed by atoms with Crippen LogP contribution in [0.3, 0.4) is 0 Å². The summed E-state index contributed by atoms with van der Waals surface area (Å²) >= 11 is 0. The van der Waals surface area contributed by atoms with Gasteiger partial charge in [0.15, 0.2) is 6.29 Å². The van der Waals surface area contributed by atoms with Crippen molar-refractivity contribution in [1.29, 1.82) is 0 Å². The molecule has 1 unspecified atom stereocenters. The summed E-state index contributed by atoms with van der Waals surface area (Å²) in [7, 11) is 0. The van der Waals surface area contributed by atoms with Crippen LogP contribution in [-0.2, 0) is 33.5 Å². The number of hydrogen-bond acceptors (Lipinski definition) is 4. The fourth-order valence-electron chi connectivity index (χ4n) is 4.79. The Hall–Kier alpha value is -3.41. The van der Waals surface area contributed by atoms with Gasteiger partial charge in [-0.1, -0.05) is 78.9 Å². The van der Waals surface area contributed by atoms with E-state index in [1.165, 1.54) is 22.3 Å². The number of rotatable bonds is 13. The van der Waals surface area contributed by atoms with Crippen molar-refractivity contribution in [2.45, 2.75) is 58.2 Å². The summed E-state index contributed by atoms with van der Waals surface area (Å²) in [6, 6.07) is 27.4. The van der Waals surface area contributed by atoms with Crippen LogP contribution in [0, 0.1) is 0 Å². The predicted octanol–water partition coefficient (Wildman–Crippen LogP) is 7.52. The van der Waals surface area contributed by atoms with Crippen molar-refractivity contribution in [3.63, 3.8) is 0 Å². The Kier molecular flexibility index (Phi) is 11.6. The van der Waals surface area contributed by atoms with Gasteiger partial charge in [0.05, 0.1) is 13.2 Å². The van der Waals surface area contributed by atoms with Crippen molar-refractivity contribution in [2.75, 3.05) is 31.3 Å². The standard InChI is InChI=1S/C34H41NO4/c1-2-37-34(36)35(24-12-26-39-33-19-10-11-25-38-33)32-22-20-28(21-23-32)13-6-7-16-30-17-8-9-18-31(30)27-29-14-4-3-5-15-29/h3-9,14-15,17-18,20-23,33H,2,10-13,16,19,24-27H2,1H3. The van der Waals surface area contributed by atoms with Gasteiger partial charge in [0.2, 0.25) is 0 Å². The lowest BCUT2D eigenvalue weighted by molar-refractivity contribution is -0.162. The molecule has 0 aromatic heterocycles. The summed E-state index contributed by atoms with van der Waals surface area (Å²) < 4.78 is 16.8. The first kappa shape index (κ1) is 28.6. The highest BCUT2D eigenvalue weighted by Gasteiger charge is 2.18. The number of carbonyl (C=O) groups excluding carboxylic acids is 1. The van der Waals surface area contributed by atoms with E-state index in [0.29, 0.717) is 19.8 Å². The van der Waals surface area contributed by atoms with Crippen molar-refractivity contribution < 1.29 is 19.0 Å². The minimum Gasteiger partial charge on any atom is -0.449 e. The van der Waals surface area contributed by atoms with E-state index >= 15 is 0 Å². The molecule has 3 aromatic carbocycles. The quantitative estimate of drug-likeness (QED) is 0.170. The van der Waals surface area contributed by atoms with E-state index in [0.717, 1.165) is 57.2 Å². The van der Waals surface area contributed by atoms with Crippen LogP contribution in [0.1, 0.15) is 54.9 Å². The SMILES string of the molecule is CCOC(=O)N(CCCOC1CCCCO1)c1ccc(CC=CCc2ccccc2Cc2ccccc2)cc1. The first-order valence-electron chi connectivity index (χ1n) is 14.2. The average Bonchev–Trinajstić information content (AvgIpc) is 2.98. The Balaban J connectivity index is 1.28. The highest BCUT2D eigenvalue weighted by Crippen LogP contribution is 2.19. The molecule has 39 heavy (non-hydrogen) atoms. The van der Waals surface area contributed by atoms with Crippen LogP contribution in [0.25, 0.3) is 0 Å². The van der Waals surface area contributed by atoms with Crippen LogP contribution in [0.2, 0.25) is 0 Å². The van der Waals surface area contributed by atoms with Crippen molar-refractivity contribution in [1.82, 2.24) is 0 Å². The average molecular weight is 528 g/mol. The topological polar surface area (TPSA) is 48.0 Å². The summed E-state index contributed by atoms with van der Waals surface area (Å²) in [6.45, 7) is 4.03. The van der Waals surface area contributed by atoms with Gasteiger partial charge in [-0.2, -0.15) is 0 Å². The van der Waals surface area contributed by atoms with E-state index in [1.54, 1.807) is 4.90 Å². The molecule has 5 nitrogen and oxygen atoms in total. The lowest BCUT2D eigenvalue weighted by Crippen LogP contribution is -2.33. The third-order valence-electron chi connectivity index (χ3n) is 6.92. The normalized spacial score (nSPS) is 15.4. The van der Waals surface area contributed by atoms with E-state index in [2.05, 4.69) is 78.9 Å². The number of allylic oxidation sites excluding steroid dienone is 2. The fourth-order valence-corrected chi connectivity index (χ4v) is 4.79. The lowest BCUT2D eigenvalue weighted by atomic mass is 9.97. The highest BCUT2D eigenvalue weighted by molar-refractivity contribution is 5.87. The van der Waals surface area contributed by atoms with Crippen molar-refractivity contribution in [3.8, 4) is 0 Å². The maximum Gasteiger partial charge on any atom is 0.414 e. The molecule has 0 spiro atoms. The zero-order valence-corrected chi connectivity index (χ0v) is 23.1. The zero-order chi connectivity index (χ0) is 27.1. The molecule has 1 aliphatic rings. The second kappa shape index (κ2) is 15.9. The second-order valence-electron chi connectivity index (χ2n) is 9.85. The van der Waals surface area contributed by atoms with Crippen molar-refractivity contribution in [2.24, 2.45) is 0 Å². The van der Waals surface area contributed by atoms with Crippen molar-refractivity contribution >= 4 is 11.8 Å². The van der Waals surface area contributed by atoms with E-state index in [4.69, 9.17) is 14.2 Å². The molecule has 3 aromatic rings. The molecule has 206 valence electrons. The fraction of sp³-hybridized carbons (Fsp3) is 0.382. The highest BCUT2D eigenvalue weighted by atomic mass is 16.7. The third-order valence-corrected chi connectivity index (χ3v) is 6.92. The third kappa shape index (κ3) is 9.38. The number of anilines is 1. The number of benzene rings is 3. The van der Waals surface area contributed by atoms with Gasteiger partial charge in [0.25, 0.3) is 0 Å². The Bertz CT molecular complexity index is 1150. The number of amides is 1. The lowest BCUT2D eigenvalue weighted by Gasteiger charge is -2.24. The first-order valence-corrected chi connectivity index (χ1v) is 14.2. The first-order chi connectivity index (χ1) is 19.2. The summed E-state index contributed by atoms with van der Waals surface area (Å²) in [4.78, 5) is 14.3. The van der Waals surface area contributed by atoms with Gasteiger partial charge in [0.1, 0.15) is 0 Å². The molecular formula is C34H41NO4. The number of nitrogens with zero attached hydrogens (tertiary/aromatic N) is 1. The van der Waals surface area contributed by atoms with E-state index in [1.807, 2.05) is 19.1 Å². The molecule has 0 N–H and O–H groups in total. The summed E-state index contributed by atoms with van der Waals surface area (Å²) in [6.07, 6.45) is 10.6. The molecule has 1 saturated heterocycles. The summed E-state index contributed by atoms with van der Waals surface area (Å²) in [5.74, 6) is 0. The van der Waals surface area contributed by atoms with Crippen LogP contribution in [0.4, 0.5) is 10.5 Å². The Morgan fingerprint density at radius 1 is 0.897 bits per heavy atom. The molecule has 0 saturated carbocycles. The maximum atomic E-state index is 12.6. The van der Waals surface area contributed by atoms with Gasteiger partial charge >= 0.3 is 6.09 Å². The Morgan fingerprint density at radius 2 is 1.64 bits per heavy atom. The molecule has 0 aliphatic carbocycles. The summed E-state index contributed by atoms with van der Waals surface area (Å²) in [5.41, 5.74) is 6.10. The molecule has 4 rings (SSSR count). The molecule has 1 atom stereocenters. The molecule has 0 radical (unpaired) electrons. The number of hydrogen-bond donors (Lipinski definition) is 0. The van der Waals surface area contributed by atoms with Gasteiger partial charge in [-0.05, 0) is 86.3 Å². The van der Waals surface area contributed by atoms with E-state index in [-0.39, 0.29) is 12.4 Å². The minimum absolute atomic E-state index is 0.112. The Labute approximate surface area is 233 Å². The molecular weight excluding hydrogens is 486 g/mol. The Morgan fingerprint density at radius 3 is 2.38 bits per heavy atom. The maximum absolute atomic E-state index is 12.6. The van der Waals surface area contributed by atoms with Gasteiger partial charge in [-0.3, -0.25) is 4.90 Å². The van der Waals surface area contributed by atoms with Crippen molar-refractivity contribution in [3.05, 3.63) is 113 Å². The largest absolute Gasteiger partial charge is 0.449 e. The summed E-state index contributed by atoms with van der Waals surface area (Å²) in [5, 5.41) is 0. The van der Waals surface area contributed by atoms with Crippen LogP contribution < -0.4 is 4.90 Å². The van der Waals surface area contributed by atoms with Crippen LogP contribution in [0.5, 0.6) is 0 Å². The molecule has 0 bridgehead atoms. The van der Waals surface area contributed by atoms with Gasteiger partial charge < -0.3 is 14.2 Å². The van der Waals surface area contributed by atoms with Gasteiger partial charge in [0, 0.05) is 18.8 Å². The van der Waals surface area contributed by atoms with E-state index < -0.39 is 0 Å². The monoisotopic (exact) mass is 527 g/mol. The second-order valence-corrected chi connectivity index (χ2v) is 9.85. The van der Waals surface area contributed by atoms with Crippen LogP contribution >= 0.6 is 0 Å². The molecule has 1 fully saturated rings. The number of carbonyl (C=O) groups is 1. The van der Waals surface area contributed by atoms with Crippen LogP contribution in [-0.4, -0.2) is 38.7 Å². The van der Waals surface area contributed by atoms with E-state index in [9.17, 15) is 4.79 Å². The number of ether oxygens (including phenoxy) is 3. The predicted molar refractivity (Wildman–Crippen MR) is 157 cm³/mol. The molecule has 1 amide bonds. The molecule has 1 heterocycles. The molecule has 5 heteroatoms. The van der Waals surface area contributed by atoms with Gasteiger partial charge in [-0.15, -0.1) is 0 Å².